The van der Waals surface area contributed by atoms with Gasteiger partial charge in [-0.25, -0.2) is 0 Å². The summed E-state index contributed by atoms with van der Waals surface area (Å²) >= 11 is -1.62. The molecule has 0 heterocycles. The van der Waals surface area contributed by atoms with Crippen molar-refractivity contribution in [3.8, 4) is 0 Å². The summed E-state index contributed by atoms with van der Waals surface area (Å²) in [7, 11) is -2.38. The molecule has 0 saturated heterocycles. The minimum absolute atomic E-state index is 0. The first-order chi connectivity index (χ1) is 10.0. The summed E-state index contributed by atoms with van der Waals surface area (Å²) in [6.45, 7) is 20.5. The Kier molecular flexibility index (Phi) is 9.74. The zero-order valence-electron chi connectivity index (χ0n) is 16.5. The molecule has 0 radical (unpaired) electrons. The second-order valence-electron chi connectivity index (χ2n) is 8.87. The molecule has 24 heavy (non-hydrogen) atoms. The molecule has 0 N–H and O–H groups in total. The molecule has 2 aliphatic rings. The second kappa shape index (κ2) is 9.32. The van der Waals surface area contributed by atoms with Crippen LogP contribution >= 0.6 is 0 Å². The van der Waals surface area contributed by atoms with E-state index in [1.54, 1.807) is 0 Å². The van der Waals surface area contributed by atoms with Gasteiger partial charge in [0, 0.05) is 0 Å². The van der Waals surface area contributed by atoms with Gasteiger partial charge in [-0.05, 0) is 0 Å². The van der Waals surface area contributed by atoms with E-state index < -0.39 is 36.5 Å². The third-order valence-corrected chi connectivity index (χ3v) is 27.2. The fourth-order valence-electron chi connectivity index (χ4n) is 3.67. The Labute approximate surface area is 172 Å². The molecule has 0 aromatic carbocycles. The van der Waals surface area contributed by atoms with Gasteiger partial charge in [0.25, 0.3) is 0 Å². The van der Waals surface area contributed by atoms with Crippen molar-refractivity contribution in [1.82, 2.24) is 0 Å². The summed E-state index contributed by atoms with van der Waals surface area (Å²) < 4.78 is 3.99. The van der Waals surface area contributed by atoms with E-state index in [2.05, 4.69) is 76.7 Å². The number of halogens is 2. The summed E-state index contributed by atoms with van der Waals surface area (Å²) in [4.78, 5) is 0. The maximum Gasteiger partial charge on any atom is -1.00 e. The third-order valence-electron chi connectivity index (χ3n) is 4.58. The minimum Gasteiger partial charge on any atom is -1.00 e. The van der Waals surface area contributed by atoms with Gasteiger partial charge in [0.2, 0.25) is 0 Å². The molecule has 0 saturated carbocycles. The average Bonchev–Trinajstić information content (AvgIpc) is 2.95. The molecule has 0 aliphatic heterocycles. The van der Waals surface area contributed by atoms with Crippen molar-refractivity contribution in [2.75, 3.05) is 0 Å². The van der Waals surface area contributed by atoms with Crippen LogP contribution in [0.5, 0.6) is 0 Å². The van der Waals surface area contributed by atoms with Crippen LogP contribution in [-0.2, 0) is 20.4 Å². The second-order valence-corrected chi connectivity index (χ2v) is 36.1. The normalized spacial score (nSPS) is 16.8. The molecule has 0 bridgehead atoms. The van der Waals surface area contributed by atoms with Crippen LogP contribution in [0.4, 0.5) is 0 Å². The van der Waals surface area contributed by atoms with Crippen molar-refractivity contribution in [1.29, 1.82) is 0 Å². The molecule has 0 aromatic heterocycles. The maximum absolute atomic E-state index is 2.61. The Morgan fingerprint density at radius 3 is 1.33 bits per heavy atom. The Bertz CT molecular complexity index is 588. The molecule has 0 fully saturated rings. The van der Waals surface area contributed by atoms with Gasteiger partial charge in [-0.2, -0.15) is 0 Å². The van der Waals surface area contributed by atoms with Gasteiger partial charge in [0.15, 0.2) is 0 Å². The molecule has 2 aliphatic carbocycles. The van der Waals surface area contributed by atoms with Gasteiger partial charge in [0.05, 0.1) is 0 Å². The number of hydrogen-bond donors (Lipinski definition) is 0. The molecule has 6 heteroatoms. The van der Waals surface area contributed by atoms with Crippen molar-refractivity contribution in [3.63, 3.8) is 0 Å². The van der Waals surface area contributed by atoms with Crippen LogP contribution in [0.15, 0.2) is 41.3 Å². The smallest absolute Gasteiger partial charge is 1.00 e. The maximum atomic E-state index is 2.61. The van der Waals surface area contributed by atoms with Crippen LogP contribution in [0.2, 0.25) is 52.4 Å². The van der Waals surface area contributed by atoms with Crippen molar-refractivity contribution >= 4 is 21.6 Å². The fraction of sp³-hybridized carbons (Fsp3) is 0.556. The first-order valence-corrected chi connectivity index (χ1v) is 24.2. The zero-order chi connectivity index (χ0) is 16.7. The summed E-state index contributed by atoms with van der Waals surface area (Å²) in [5, 5.41) is 3.67. The number of hydrogen-bond acceptors (Lipinski definition) is 0. The monoisotopic (exact) mass is 492 g/mol. The topological polar surface area (TPSA) is 0 Å². The molecule has 0 nitrogen and oxygen atoms in total. The van der Waals surface area contributed by atoms with Crippen LogP contribution in [-0.4, -0.2) is 21.6 Å². The van der Waals surface area contributed by atoms with Crippen LogP contribution in [0.1, 0.15) is 12.8 Å². The van der Waals surface area contributed by atoms with Gasteiger partial charge < -0.3 is 24.8 Å². The van der Waals surface area contributed by atoms with E-state index in [9.17, 15) is 0 Å². The van der Waals surface area contributed by atoms with E-state index in [0.29, 0.717) is 0 Å². The minimum atomic E-state index is -1.62. The first-order valence-electron chi connectivity index (χ1n) is 8.52. The SMILES string of the molecule is C[Si](C)=[Zr+2]([C]1=C([Si](C)(C)C)C=CC1)[C]1=C([Si](C)(C)C)C=CC1.[Cl-].[Cl-]. The predicted molar refractivity (Wildman–Crippen MR) is 106 cm³/mol. The Hall–Kier alpha value is 1.07. The Balaban J connectivity index is 0.00000264. The van der Waals surface area contributed by atoms with Crippen LogP contribution in [0.25, 0.3) is 0 Å². The standard InChI is InChI=1S/2C8H13Si.C2H6Si.2ClH.Zr/c2*1-9(2,3)8-6-4-5-7-8;1-3-2;;;/h2*4,6H,5H2,1-3H3;1-2H3;2*1H;/q;;;;;+2/p-2. The molecule has 0 amide bonds. The van der Waals surface area contributed by atoms with E-state index in [1.165, 1.54) is 12.8 Å². The van der Waals surface area contributed by atoms with Gasteiger partial charge in [-0.15, -0.1) is 0 Å². The van der Waals surface area contributed by atoms with E-state index >= 15 is 0 Å². The van der Waals surface area contributed by atoms with Gasteiger partial charge in [-0.3, -0.25) is 0 Å². The molecule has 2 rings (SSSR count). The molecule has 0 aromatic rings. The zero-order valence-corrected chi connectivity index (χ0v) is 23.4. The quantitative estimate of drug-likeness (QED) is 0.485. The molecular formula is C18H32Cl2Si3Zr. The van der Waals surface area contributed by atoms with Crippen LogP contribution in [0, 0.1) is 0 Å². The van der Waals surface area contributed by atoms with Gasteiger partial charge >= 0.3 is 148 Å². The molecule has 0 spiro atoms. The van der Waals surface area contributed by atoms with Gasteiger partial charge in [0.1, 0.15) is 0 Å². The van der Waals surface area contributed by atoms with Crippen molar-refractivity contribution < 1.29 is 45.2 Å². The predicted octanol–water partition coefficient (Wildman–Crippen LogP) is 0.0465. The van der Waals surface area contributed by atoms with Gasteiger partial charge in [-0.1, -0.05) is 0 Å². The summed E-state index contributed by atoms with van der Waals surface area (Å²) in [5.41, 5.74) is -0.178. The largest absolute Gasteiger partial charge is 1.00 e. The number of rotatable bonds is 4. The van der Waals surface area contributed by atoms with E-state index in [-0.39, 0.29) is 30.2 Å². The Morgan fingerprint density at radius 2 is 1.08 bits per heavy atom. The van der Waals surface area contributed by atoms with Crippen molar-refractivity contribution in [2.24, 2.45) is 0 Å². The van der Waals surface area contributed by atoms with Crippen molar-refractivity contribution in [2.45, 2.75) is 65.2 Å². The van der Waals surface area contributed by atoms with E-state index in [4.69, 9.17) is 0 Å². The summed E-state index contributed by atoms with van der Waals surface area (Å²) in [5.74, 6) is 0. The van der Waals surface area contributed by atoms with Crippen molar-refractivity contribution in [3.05, 3.63) is 41.3 Å². The van der Waals surface area contributed by atoms with E-state index in [0.717, 1.165) is 0 Å². The number of allylic oxidation sites excluding steroid dienone is 8. The Morgan fingerprint density at radius 1 is 0.750 bits per heavy atom. The average molecular weight is 495 g/mol. The summed E-state index contributed by atoms with van der Waals surface area (Å²) in [6.07, 6.45) is 12.6. The molecule has 0 unspecified atom stereocenters. The van der Waals surface area contributed by atoms with Crippen LogP contribution < -0.4 is 24.8 Å². The van der Waals surface area contributed by atoms with E-state index in [1.807, 2.05) is 17.0 Å². The van der Waals surface area contributed by atoms with Crippen LogP contribution in [0.3, 0.4) is 0 Å². The third kappa shape index (κ3) is 5.53. The first kappa shape index (κ1) is 25.1. The molecule has 134 valence electrons. The fourth-order valence-corrected chi connectivity index (χ4v) is 32.5. The molecule has 0 atom stereocenters. The summed E-state index contributed by atoms with van der Waals surface area (Å²) in [6, 6.07) is 0. The molecular weight excluding hydrogens is 463 g/mol.